The van der Waals surface area contributed by atoms with Crippen molar-refractivity contribution < 1.29 is 0 Å². The number of likely N-dealkylation sites (N-methyl/N-ethyl adjacent to an activating group) is 1. The van der Waals surface area contributed by atoms with Crippen molar-refractivity contribution in [3.8, 4) is 0 Å². The van der Waals surface area contributed by atoms with Crippen LogP contribution >= 0.6 is 0 Å². The van der Waals surface area contributed by atoms with E-state index in [1.54, 1.807) is 0 Å². The molecule has 0 radical (unpaired) electrons. The maximum atomic E-state index is 4.54. The summed E-state index contributed by atoms with van der Waals surface area (Å²) in [6.07, 6.45) is 2.39. The molecular weight excluding hydrogens is 300 g/mol. The zero-order valence-electron chi connectivity index (χ0n) is 16.3. The minimum Gasteiger partial charge on any atom is -0.341 e. The second-order valence-corrected chi connectivity index (χ2v) is 6.94. The van der Waals surface area contributed by atoms with E-state index in [2.05, 4.69) is 50.4 Å². The van der Waals surface area contributed by atoms with Gasteiger partial charge < -0.3 is 19.6 Å². The average molecular weight is 337 g/mol. The highest BCUT2D eigenvalue weighted by Gasteiger charge is 2.28. The summed E-state index contributed by atoms with van der Waals surface area (Å²) in [6, 6.07) is 0. The molecule has 0 aromatic heterocycles. The summed E-state index contributed by atoms with van der Waals surface area (Å²) in [5.74, 6) is 3.03. The summed E-state index contributed by atoms with van der Waals surface area (Å²) >= 11 is 0. The van der Waals surface area contributed by atoms with Crippen molar-refractivity contribution in [2.45, 2.75) is 33.6 Å². The normalized spacial score (nSPS) is 23.2. The Morgan fingerprint density at radius 3 is 1.96 bits per heavy atom. The molecule has 2 aliphatic heterocycles. The van der Waals surface area contributed by atoms with Gasteiger partial charge in [-0.1, -0.05) is 13.8 Å². The summed E-state index contributed by atoms with van der Waals surface area (Å²) in [6.45, 7) is 15.7. The van der Waals surface area contributed by atoms with Gasteiger partial charge in [-0.3, -0.25) is 9.98 Å². The topological polar surface area (TPSA) is 37.7 Å². The number of guanidine groups is 2. The summed E-state index contributed by atoms with van der Waals surface area (Å²) in [7, 11) is 3.84. The van der Waals surface area contributed by atoms with Crippen molar-refractivity contribution >= 4 is 11.9 Å². The van der Waals surface area contributed by atoms with E-state index in [1.807, 2.05) is 14.1 Å². The lowest BCUT2D eigenvalue weighted by atomic mass is 10.1. The summed E-state index contributed by atoms with van der Waals surface area (Å²) in [5, 5.41) is 0. The first kappa shape index (κ1) is 18.9. The first-order valence-corrected chi connectivity index (χ1v) is 9.57. The van der Waals surface area contributed by atoms with Crippen molar-refractivity contribution in [2.24, 2.45) is 15.9 Å². The Bertz CT molecular complexity index is 447. The molecule has 0 saturated carbocycles. The Hall–Kier alpha value is -1.46. The van der Waals surface area contributed by atoms with E-state index in [-0.39, 0.29) is 0 Å². The van der Waals surface area contributed by atoms with Gasteiger partial charge in [0.25, 0.3) is 0 Å². The molecule has 6 heteroatoms. The van der Waals surface area contributed by atoms with Crippen LogP contribution in [0.2, 0.25) is 0 Å². The molecule has 0 spiro atoms. The number of hydrogen-bond acceptors (Lipinski definition) is 2. The smallest absolute Gasteiger partial charge is 0.196 e. The fourth-order valence-corrected chi connectivity index (χ4v) is 3.86. The fraction of sp³-hybridized carbons (Fsp3) is 0.889. The van der Waals surface area contributed by atoms with Crippen LogP contribution in [0.25, 0.3) is 0 Å². The van der Waals surface area contributed by atoms with E-state index in [4.69, 9.17) is 0 Å². The zero-order valence-corrected chi connectivity index (χ0v) is 16.3. The molecule has 138 valence electrons. The summed E-state index contributed by atoms with van der Waals surface area (Å²) in [5.41, 5.74) is 0. The molecule has 0 amide bonds. The molecule has 0 N–H and O–H groups in total. The minimum atomic E-state index is 0.664. The SMILES string of the molecule is CCCN1CCN(CC(C)CCN2CCN(CC)/C2=N/C)/C1=N/C. The van der Waals surface area contributed by atoms with Crippen LogP contribution in [-0.2, 0) is 0 Å². The first-order chi connectivity index (χ1) is 11.6. The van der Waals surface area contributed by atoms with Crippen LogP contribution in [0.3, 0.4) is 0 Å². The van der Waals surface area contributed by atoms with Crippen LogP contribution in [0, 0.1) is 5.92 Å². The van der Waals surface area contributed by atoms with Gasteiger partial charge in [0.1, 0.15) is 0 Å². The highest BCUT2D eigenvalue weighted by atomic mass is 15.4. The predicted molar refractivity (Wildman–Crippen MR) is 103 cm³/mol. The Morgan fingerprint density at radius 1 is 0.833 bits per heavy atom. The van der Waals surface area contributed by atoms with E-state index in [0.717, 1.165) is 52.4 Å². The molecule has 2 saturated heterocycles. The van der Waals surface area contributed by atoms with Gasteiger partial charge in [0.15, 0.2) is 11.9 Å². The van der Waals surface area contributed by atoms with Gasteiger partial charge >= 0.3 is 0 Å². The van der Waals surface area contributed by atoms with E-state index >= 15 is 0 Å². The molecule has 2 fully saturated rings. The van der Waals surface area contributed by atoms with Gasteiger partial charge in [0, 0.05) is 66.5 Å². The number of aliphatic imine (C=N–C) groups is 2. The van der Waals surface area contributed by atoms with Crippen molar-refractivity contribution in [2.75, 3.05) is 66.5 Å². The second kappa shape index (κ2) is 9.14. The number of rotatable bonds is 8. The maximum absolute atomic E-state index is 4.54. The van der Waals surface area contributed by atoms with E-state index in [9.17, 15) is 0 Å². The molecule has 24 heavy (non-hydrogen) atoms. The standard InChI is InChI=1S/C18H36N6/c1-6-9-22-13-14-24(18(22)20-5)15-16(3)8-10-23-12-11-21(7-2)17(23)19-4/h16H,6-15H2,1-5H3/b19-17-,20-18+. The Kier molecular flexibility index (Phi) is 7.18. The molecule has 0 aromatic carbocycles. The summed E-state index contributed by atoms with van der Waals surface area (Å²) in [4.78, 5) is 18.7. The van der Waals surface area contributed by atoms with Gasteiger partial charge in [0.05, 0.1) is 0 Å². The lowest BCUT2D eigenvalue weighted by Crippen LogP contribution is -2.38. The van der Waals surface area contributed by atoms with Crippen LogP contribution in [0.4, 0.5) is 0 Å². The highest BCUT2D eigenvalue weighted by molar-refractivity contribution is 5.82. The molecule has 0 bridgehead atoms. The third-order valence-corrected chi connectivity index (χ3v) is 5.11. The van der Waals surface area contributed by atoms with E-state index < -0.39 is 0 Å². The van der Waals surface area contributed by atoms with Gasteiger partial charge in [0.2, 0.25) is 0 Å². The van der Waals surface area contributed by atoms with Crippen molar-refractivity contribution in [1.29, 1.82) is 0 Å². The van der Waals surface area contributed by atoms with Gasteiger partial charge in [-0.2, -0.15) is 0 Å². The second-order valence-electron chi connectivity index (χ2n) is 6.94. The van der Waals surface area contributed by atoms with Crippen LogP contribution < -0.4 is 0 Å². The average Bonchev–Trinajstić information content (AvgIpc) is 3.16. The van der Waals surface area contributed by atoms with E-state index in [0.29, 0.717) is 5.92 Å². The quantitative estimate of drug-likeness (QED) is 0.675. The highest BCUT2D eigenvalue weighted by Crippen LogP contribution is 2.16. The van der Waals surface area contributed by atoms with Gasteiger partial charge in [-0.05, 0) is 25.7 Å². The molecule has 2 rings (SSSR count). The van der Waals surface area contributed by atoms with Crippen molar-refractivity contribution in [1.82, 2.24) is 19.6 Å². The predicted octanol–water partition coefficient (Wildman–Crippen LogP) is 1.65. The lowest BCUT2D eigenvalue weighted by molar-refractivity contribution is 0.331. The first-order valence-electron chi connectivity index (χ1n) is 9.57. The third-order valence-electron chi connectivity index (χ3n) is 5.11. The molecule has 0 aromatic rings. The minimum absolute atomic E-state index is 0.664. The van der Waals surface area contributed by atoms with Crippen LogP contribution in [0.15, 0.2) is 9.98 Å². The molecule has 0 aliphatic carbocycles. The van der Waals surface area contributed by atoms with Crippen molar-refractivity contribution in [3.05, 3.63) is 0 Å². The van der Waals surface area contributed by atoms with Crippen LogP contribution in [-0.4, -0.2) is 98.0 Å². The van der Waals surface area contributed by atoms with E-state index in [1.165, 1.54) is 24.8 Å². The molecule has 2 heterocycles. The Labute approximate surface area is 148 Å². The number of nitrogens with zero attached hydrogens (tertiary/aromatic N) is 6. The molecule has 6 nitrogen and oxygen atoms in total. The van der Waals surface area contributed by atoms with Crippen molar-refractivity contribution in [3.63, 3.8) is 0 Å². The molecule has 1 unspecified atom stereocenters. The molecular formula is C18H36N6. The van der Waals surface area contributed by atoms with Crippen LogP contribution in [0.1, 0.15) is 33.6 Å². The van der Waals surface area contributed by atoms with Gasteiger partial charge in [-0.15, -0.1) is 0 Å². The fourth-order valence-electron chi connectivity index (χ4n) is 3.86. The third kappa shape index (κ3) is 4.33. The molecule has 2 aliphatic rings. The monoisotopic (exact) mass is 336 g/mol. The maximum Gasteiger partial charge on any atom is 0.196 e. The largest absolute Gasteiger partial charge is 0.341 e. The lowest BCUT2D eigenvalue weighted by Gasteiger charge is -2.27. The zero-order chi connectivity index (χ0) is 17.5. The van der Waals surface area contributed by atoms with Crippen LogP contribution in [0.5, 0.6) is 0 Å². The molecule has 1 atom stereocenters. The number of hydrogen-bond donors (Lipinski definition) is 0. The Balaban J connectivity index is 1.80. The summed E-state index contributed by atoms with van der Waals surface area (Å²) < 4.78 is 0. The van der Waals surface area contributed by atoms with Gasteiger partial charge in [-0.25, -0.2) is 0 Å². The Morgan fingerprint density at radius 2 is 1.38 bits per heavy atom.